The summed E-state index contributed by atoms with van der Waals surface area (Å²) in [7, 11) is -3.91. The Labute approximate surface area is 176 Å². The number of aliphatic hydroxyl groups is 1. The summed E-state index contributed by atoms with van der Waals surface area (Å²) in [5, 5.41) is 19.7. The molecule has 0 aliphatic rings. The summed E-state index contributed by atoms with van der Waals surface area (Å²) >= 11 is 7.05. The lowest BCUT2D eigenvalue weighted by atomic mass is 10.1. The summed E-state index contributed by atoms with van der Waals surface area (Å²) in [6, 6.07) is 18.2. The van der Waals surface area contributed by atoms with Crippen molar-refractivity contribution < 1.29 is 13.5 Å². The number of aromatic nitrogens is 1. The number of nitrogens with zero attached hydrogens (tertiary/aromatic N) is 2. The molecule has 0 fully saturated rings. The van der Waals surface area contributed by atoms with Crippen LogP contribution in [0.1, 0.15) is 11.3 Å². The molecule has 0 saturated carbocycles. The van der Waals surface area contributed by atoms with Gasteiger partial charge in [-0.05, 0) is 48.0 Å². The minimum atomic E-state index is -3.91. The van der Waals surface area contributed by atoms with E-state index in [1.165, 1.54) is 12.1 Å². The van der Waals surface area contributed by atoms with E-state index in [0.29, 0.717) is 32.1 Å². The summed E-state index contributed by atoms with van der Waals surface area (Å²) in [6.07, 6.45) is 0. The SMILES string of the molecule is N#Cc1cccc(S(=O)(=O)c2sc3nc(CO)ccc3c2-c2ccc(Cl)cc2)c1. The van der Waals surface area contributed by atoms with E-state index in [4.69, 9.17) is 16.9 Å². The Hall–Kier alpha value is -2.76. The van der Waals surface area contributed by atoms with Gasteiger partial charge in [0, 0.05) is 16.0 Å². The van der Waals surface area contributed by atoms with Crippen LogP contribution in [0.2, 0.25) is 5.02 Å². The molecule has 2 aromatic carbocycles. The summed E-state index contributed by atoms with van der Waals surface area (Å²) in [5.74, 6) is 0. The highest BCUT2D eigenvalue weighted by molar-refractivity contribution is 7.93. The van der Waals surface area contributed by atoms with Crippen LogP contribution in [-0.2, 0) is 16.4 Å². The van der Waals surface area contributed by atoms with Crippen molar-refractivity contribution in [3.63, 3.8) is 0 Å². The molecule has 0 unspecified atom stereocenters. The highest BCUT2D eigenvalue weighted by Crippen LogP contribution is 2.43. The Bertz CT molecular complexity index is 1370. The number of nitriles is 1. The Morgan fingerprint density at radius 3 is 2.55 bits per heavy atom. The second kappa shape index (κ2) is 7.58. The molecular formula is C21H13ClN2O3S2. The molecule has 0 atom stereocenters. The monoisotopic (exact) mass is 440 g/mol. The lowest BCUT2D eigenvalue weighted by Gasteiger charge is -2.07. The molecule has 0 bridgehead atoms. The van der Waals surface area contributed by atoms with Crippen molar-refractivity contribution in [2.24, 2.45) is 0 Å². The van der Waals surface area contributed by atoms with Crippen molar-refractivity contribution in [2.75, 3.05) is 0 Å². The van der Waals surface area contributed by atoms with E-state index >= 15 is 0 Å². The number of hydrogen-bond acceptors (Lipinski definition) is 6. The maximum absolute atomic E-state index is 13.5. The summed E-state index contributed by atoms with van der Waals surface area (Å²) in [5.41, 5.74) is 1.94. The summed E-state index contributed by atoms with van der Waals surface area (Å²) in [6.45, 7) is -0.240. The molecular weight excluding hydrogens is 428 g/mol. The van der Waals surface area contributed by atoms with Gasteiger partial charge in [0.2, 0.25) is 9.84 Å². The van der Waals surface area contributed by atoms with Gasteiger partial charge in [0.25, 0.3) is 0 Å². The molecule has 8 heteroatoms. The Balaban J connectivity index is 2.03. The first-order chi connectivity index (χ1) is 13.9. The molecule has 1 N–H and O–H groups in total. The predicted octanol–water partition coefficient (Wildman–Crippen LogP) is 4.81. The van der Waals surface area contributed by atoms with Crippen molar-refractivity contribution in [3.05, 3.63) is 76.9 Å². The molecule has 0 radical (unpaired) electrons. The number of sulfone groups is 1. The first-order valence-corrected chi connectivity index (χ1v) is 11.2. The standard InChI is InChI=1S/C21H13ClN2O3S2/c22-15-6-4-14(5-7-15)19-18-9-8-16(12-25)24-20(18)28-21(19)29(26,27)17-3-1-2-13(10-17)11-23/h1-10,25H,12H2. The van der Waals surface area contributed by atoms with Crippen LogP contribution in [0.5, 0.6) is 0 Å². The molecule has 0 aliphatic carbocycles. The van der Waals surface area contributed by atoms with Crippen LogP contribution in [0.3, 0.4) is 0 Å². The van der Waals surface area contributed by atoms with Gasteiger partial charge in [-0.3, -0.25) is 0 Å². The van der Waals surface area contributed by atoms with Gasteiger partial charge in [-0.15, -0.1) is 11.3 Å². The summed E-state index contributed by atoms with van der Waals surface area (Å²) < 4.78 is 27.1. The maximum Gasteiger partial charge on any atom is 0.216 e. The molecule has 5 nitrogen and oxygen atoms in total. The average Bonchev–Trinajstić information content (AvgIpc) is 3.13. The number of fused-ring (bicyclic) bond motifs is 1. The van der Waals surface area contributed by atoms with Gasteiger partial charge < -0.3 is 5.11 Å². The first kappa shape index (κ1) is 19.6. The second-order valence-electron chi connectivity index (χ2n) is 6.23. The van der Waals surface area contributed by atoms with Gasteiger partial charge in [0.1, 0.15) is 9.04 Å². The average molecular weight is 441 g/mol. The highest BCUT2D eigenvalue weighted by atomic mass is 35.5. The lowest BCUT2D eigenvalue weighted by molar-refractivity contribution is 0.277. The molecule has 4 rings (SSSR count). The predicted molar refractivity (Wildman–Crippen MR) is 113 cm³/mol. The molecule has 29 heavy (non-hydrogen) atoms. The van der Waals surface area contributed by atoms with Crippen LogP contribution < -0.4 is 0 Å². The van der Waals surface area contributed by atoms with Crippen molar-refractivity contribution in [1.82, 2.24) is 4.98 Å². The fourth-order valence-electron chi connectivity index (χ4n) is 3.00. The summed E-state index contributed by atoms with van der Waals surface area (Å²) in [4.78, 5) is 4.94. The molecule has 144 valence electrons. The van der Waals surface area contributed by atoms with Crippen molar-refractivity contribution in [2.45, 2.75) is 15.7 Å². The Morgan fingerprint density at radius 1 is 1.10 bits per heavy atom. The number of rotatable bonds is 4. The third-order valence-electron chi connectivity index (χ3n) is 4.39. The van der Waals surface area contributed by atoms with Gasteiger partial charge in [-0.1, -0.05) is 29.8 Å². The number of benzene rings is 2. The van der Waals surface area contributed by atoms with Crippen molar-refractivity contribution >= 4 is 43.0 Å². The van der Waals surface area contributed by atoms with Crippen molar-refractivity contribution in [3.8, 4) is 17.2 Å². The zero-order chi connectivity index (χ0) is 20.6. The molecule has 0 spiro atoms. The third-order valence-corrected chi connectivity index (χ3v) is 8.01. The molecule has 0 amide bonds. The number of thiophene rings is 1. The van der Waals surface area contributed by atoms with Crippen LogP contribution in [0, 0.1) is 11.3 Å². The quantitative estimate of drug-likeness (QED) is 0.491. The van der Waals surface area contributed by atoms with Gasteiger partial charge in [-0.2, -0.15) is 5.26 Å². The molecule has 4 aromatic rings. The van der Waals surface area contributed by atoms with Crippen LogP contribution in [0.4, 0.5) is 0 Å². The lowest BCUT2D eigenvalue weighted by Crippen LogP contribution is -2.01. The van der Waals surface area contributed by atoms with Gasteiger partial charge in [-0.25, -0.2) is 13.4 Å². The first-order valence-electron chi connectivity index (χ1n) is 8.48. The topological polar surface area (TPSA) is 91.0 Å². The van der Waals surface area contributed by atoms with Crippen LogP contribution >= 0.6 is 22.9 Å². The maximum atomic E-state index is 13.5. The molecule has 2 aromatic heterocycles. The Morgan fingerprint density at radius 2 is 1.86 bits per heavy atom. The smallest absolute Gasteiger partial charge is 0.216 e. The second-order valence-corrected chi connectivity index (χ2v) is 9.81. The zero-order valence-electron chi connectivity index (χ0n) is 14.8. The van der Waals surface area contributed by atoms with E-state index in [2.05, 4.69) is 4.98 Å². The fourth-order valence-corrected chi connectivity index (χ4v) is 6.29. The number of halogens is 1. The molecule has 0 aliphatic heterocycles. The van der Waals surface area contributed by atoms with E-state index in [9.17, 15) is 13.5 Å². The zero-order valence-corrected chi connectivity index (χ0v) is 17.2. The molecule has 2 heterocycles. The fraction of sp³-hybridized carbons (Fsp3) is 0.0476. The Kier molecular flexibility index (Phi) is 5.11. The van der Waals surface area contributed by atoms with Crippen molar-refractivity contribution in [1.29, 1.82) is 5.26 Å². The van der Waals surface area contributed by atoms with Crippen LogP contribution in [0.25, 0.3) is 21.3 Å². The van der Waals surface area contributed by atoms with E-state index < -0.39 is 9.84 Å². The van der Waals surface area contributed by atoms with E-state index in [-0.39, 0.29) is 21.3 Å². The number of hydrogen-bond donors (Lipinski definition) is 1. The third kappa shape index (κ3) is 3.52. The normalized spacial score (nSPS) is 11.5. The largest absolute Gasteiger partial charge is 0.390 e. The van der Waals surface area contributed by atoms with Gasteiger partial charge in [0.05, 0.1) is 28.8 Å². The highest BCUT2D eigenvalue weighted by Gasteiger charge is 2.27. The van der Waals surface area contributed by atoms with E-state index in [1.54, 1.807) is 48.5 Å². The number of pyridine rings is 1. The minimum Gasteiger partial charge on any atom is -0.390 e. The van der Waals surface area contributed by atoms with E-state index in [1.807, 2.05) is 6.07 Å². The van der Waals surface area contributed by atoms with Crippen LogP contribution in [0.15, 0.2) is 69.8 Å². The van der Waals surface area contributed by atoms with Gasteiger partial charge >= 0.3 is 0 Å². The van der Waals surface area contributed by atoms with Crippen LogP contribution in [-0.4, -0.2) is 18.5 Å². The molecule has 0 saturated heterocycles. The van der Waals surface area contributed by atoms with Gasteiger partial charge in [0.15, 0.2) is 0 Å². The minimum absolute atomic E-state index is 0.0423. The van der Waals surface area contributed by atoms with E-state index in [0.717, 1.165) is 11.3 Å². The number of aliphatic hydroxyl groups excluding tert-OH is 1.